The van der Waals surface area contributed by atoms with Crippen LogP contribution in [-0.2, 0) is 10.0 Å². The van der Waals surface area contributed by atoms with E-state index < -0.39 is 21.3 Å². The maximum atomic E-state index is 11.9. The molecular formula is C12H17N3O2S. The van der Waals surface area contributed by atoms with Crippen molar-refractivity contribution in [3.8, 4) is 6.07 Å². The van der Waals surface area contributed by atoms with Crippen LogP contribution in [0.1, 0.15) is 31.9 Å². The molecule has 5 nitrogen and oxygen atoms in total. The SMILES string of the molecule is CCC(C#N)S(=O)(=O)NC(C)c1ccc(N)cc1. The van der Waals surface area contributed by atoms with Crippen molar-refractivity contribution in [1.82, 2.24) is 4.72 Å². The minimum Gasteiger partial charge on any atom is -0.399 e. The van der Waals surface area contributed by atoms with Crippen LogP contribution in [-0.4, -0.2) is 13.7 Å². The monoisotopic (exact) mass is 267 g/mol. The van der Waals surface area contributed by atoms with E-state index >= 15 is 0 Å². The summed E-state index contributed by atoms with van der Waals surface area (Å²) in [5.74, 6) is 0. The van der Waals surface area contributed by atoms with Crippen LogP contribution in [0.3, 0.4) is 0 Å². The fourth-order valence-electron chi connectivity index (χ4n) is 1.56. The molecule has 3 N–H and O–H groups in total. The number of rotatable bonds is 5. The summed E-state index contributed by atoms with van der Waals surface area (Å²) in [5.41, 5.74) is 6.99. The molecule has 1 aromatic rings. The van der Waals surface area contributed by atoms with Gasteiger partial charge >= 0.3 is 0 Å². The van der Waals surface area contributed by atoms with Crippen molar-refractivity contribution < 1.29 is 8.42 Å². The summed E-state index contributed by atoms with van der Waals surface area (Å²) in [4.78, 5) is 0. The van der Waals surface area contributed by atoms with E-state index in [2.05, 4.69) is 4.72 Å². The molecule has 0 fully saturated rings. The lowest BCUT2D eigenvalue weighted by Gasteiger charge is -2.16. The highest BCUT2D eigenvalue weighted by molar-refractivity contribution is 7.90. The van der Waals surface area contributed by atoms with E-state index in [0.717, 1.165) is 5.56 Å². The molecule has 0 aliphatic heterocycles. The molecule has 0 aromatic heterocycles. The third-order valence-electron chi connectivity index (χ3n) is 2.67. The number of nitriles is 1. The van der Waals surface area contributed by atoms with Crippen LogP contribution in [0.4, 0.5) is 5.69 Å². The maximum absolute atomic E-state index is 11.9. The van der Waals surface area contributed by atoms with Gasteiger partial charge in [0, 0.05) is 11.7 Å². The summed E-state index contributed by atoms with van der Waals surface area (Å²) in [7, 11) is -3.62. The number of nitrogens with one attached hydrogen (secondary N) is 1. The Hall–Kier alpha value is -1.58. The van der Waals surface area contributed by atoms with Gasteiger partial charge in [0.25, 0.3) is 0 Å². The van der Waals surface area contributed by atoms with E-state index in [1.54, 1.807) is 44.2 Å². The molecule has 0 amide bonds. The van der Waals surface area contributed by atoms with Crippen LogP contribution < -0.4 is 10.5 Å². The Labute approximate surface area is 108 Å². The fraction of sp³-hybridized carbons (Fsp3) is 0.417. The van der Waals surface area contributed by atoms with Gasteiger partial charge in [0.05, 0.1) is 6.07 Å². The molecule has 0 aliphatic rings. The highest BCUT2D eigenvalue weighted by atomic mass is 32.2. The zero-order chi connectivity index (χ0) is 13.8. The Morgan fingerprint density at radius 1 is 1.39 bits per heavy atom. The summed E-state index contributed by atoms with van der Waals surface area (Å²) in [6, 6.07) is 8.34. The zero-order valence-corrected chi connectivity index (χ0v) is 11.2. The summed E-state index contributed by atoms with van der Waals surface area (Å²) < 4.78 is 26.3. The van der Waals surface area contributed by atoms with Crippen molar-refractivity contribution in [3.63, 3.8) is 0 Å². The lowest BCUT2D eigenvalue weighted by molar-refractivity contribution is 0.558. The second-order valence-electron chi connectivity index (χ2n) is 4.08. The number of nitrogens with zero attached hydrogens (tertiary/aromatic N) is 1. The predicted octanol–water partition coefficient (Wildman–Crippen LogP) is 1.55. The van der Waals surface area contributed by atoms with Gasteiger partial charge in [-0.25, -0.2) is 13.1 Å². The minimum absolute atomic E-state index is 0.264. The third-order valence-corrected chi connectivity index (χ3v) is 4.54. The normalized spacial score (nSPS) is 14.7. The van der Waals surface area contributed by atoms with Crippen molar-refractivity contribution >= 4 is 15.7 Å². The van der Waals surface area contributed by atoms with Crippen molar-refractivity contribution in [1.29, 1.82) is 5.26 Å². The number of benzene rings is 1. The lowest BCUT2D eigenvalue weighted by Crippen LogP contribution is -2.34. The highest BCUT2D eigenvalue weighted by Crippen LogP contribution is 2.16. The number of hydrogen-bond donors (Lipinski definition) is 2. The second kappa shape index (κ2) is 5.85. The van der Waals surface area contributed by atoms with Gasteiger partial charge in [-0.3, -0.25) is 0 Å². The summed E-state index contributed by atoms with van der Waals surface area (Å²) in [6.07, 6.45) is 0.264. The van der Waals surface area contributed by atoms with Gasteiger partial charge in [-0.1, -0.05) is 19.1 Å². The van der Waals surface area contributed by atoms with Gasteiger partial charge < -0.3 is 5.73 Å². The highest BCUT2D eigenvalue weighted by Gasteiger charge is 2.25. The first-order valence-electron chi connectivity index (χ1n) is 5.67. The van der Waals surface area contributed by atoms with Crippen LogP contribution in [0, 0.1) is 11.3 Å². The van der Waals surface area contributed by atoms with E-state index in [0.29, 0.717) is 5.69 Å². The molecule has 18 heavy (non-hydrogen) atoms. The first-order chi connectivity index (χ1) is 8.40. The number of sulfonamides is 1. The van der Waals surface area contributed by atoms with Crippen LogP contribution in [0.25, 0.3) is 0 Å². The van der Waals surface area contributed by atoms with Gasteiger partial charge in [0.2, 0.25) is 10.0 Å². The molecule has 2 unspecified atom stereocenters. The van der Waals surface area contributed by atoms with E-state index in [1.165, 1.54) is 0 Å². The quantitative estimate of drug-likeness (QED) is 0.791. The maximum Gasteiger partial charge on any atom is 0.228 e. The van der Waals surface area contributed by atoms with E-state index in [1.807, 2.05) is 0 Å². The van der Waals surface area contributed by atoms with E-state index in [9.17, 15) is 8.42 Å². The molecule has 6 heteroatoms. The second-order valence-corrected chi connectivity index (χ2v) is 5.97. The number of nitrogen functional groups attached to an aromatic ring is 1. The van der Waals surface area contributed by atoms with E-state index in [4.69, 9.17) is 11.0 Å². The Bertz CT molecular complexity index is 531. The van der Waals surface area contributed by atoms with Crippen LogP contribution in [0.5, 0.6) is 0 Å². The summed E-state index contributed by atoms with van der Waals surface area (Å²) in [5, 5.41) is 7.78. The molecule has 0 saturated heterocycles. The number of hydrogen-bond acceptors (Lipinski definition) is 4. The van der Waals surface area contributed by atoms with E-state index in [-0.39, 0.29) is 6.42 Å². The van der Waals surface area contributed by atoms with Gasteiger partial charge in [0.15, 0.2) is 5.25 Å². The molecule has 0 radical (unpaired) electrons. The van der Waals surface area contributed by atoms with Crippen molar-refractivity contribution in [2.24, 2.45) is 0 Å². The van der Waals surface area contributed by atoms with Crippen molar-refractivity contribution in [2.45, 2.75) is 31.6 Å². The third kappa shape index (κ3) is 3.45. The van der Waals surface area contributed by atoms with Gasteiger partial charge in [0.1, 0.15) is 0 Å². The molecule has 0 saturated carbocycles. The molecule has 0 heterocycles. The predicted molar refractivity (Wildman–Crippen MR) is 71.0 cm³/mol. The topological polar surface area (TPSA) is 96.0 Å². The minimum atomic E-state index is -3.62. The van der Waals surface area contributed by atoms with Crippen molar-refractivity contribution in [3.05, 3.63) is 29.8 Å². The Balaban J connectivity index is 2.85. The molecule has 0 bridgehead atoms. The zero-order valence-electron chi connectivity index (χ0n) is 10.4. The molecule has 1 rings (SSSR count). The summed E-state index contributed by atoms with van der Waals surface area (Å²) in [6.45, 7) is 3.40. The van der Waals surface area contributed by atoms with Crippen molar-refractivity contribution in [2.75, 3.05) is 5.73 Å². The van der Waals surface area contributed by atoms with Gasteiger partial charge in [-0.15, -0.1) is 0 Å². The lowest BCUT2D eigenvalue weighted by atomic mass is 10.1. The van der Waals surface area contributed by atoms with Crippen LogP contribution >= 0.6 is 0 Å². The first kappa shape index (κ1) is 14.5. The molecule has 1 aromatic carbocycles. The molecule has 98 valence electrons. The number of nitrogens with two attached hydrogens (primary N) is 1. The standard InChI is InChI=1S/C12H17N3O2S/c1-3-12(8-13)18(16,17)15-9(2)10-4-6-11(14)7-5-10/h4-7,9,12,15H,3,14H2,1-2H3. The first-order valence-corrected chi connectivity index (χ1v) is 7.21. The Kier molecular flexibility index (Phi) is 4.70. The smallest absolute Gasteiger partial charge is 0.228 e. The Morgan fingerprint density at radius 2 is 1.94 bits per heavy atom. The number of anilines is 1. The van der Waals surface area contributed by atoms with Gasteiger partial charge in [-0.2, -0.15) is 5.26 Å². The molecular weight excluding hydrogens is 250 g/mol. The molecule has 2 atom stereocenters. The largest absolute Gasteiger partial charge is 0.399 e. The average molecular weight is 267 g/mol. The average Bonchev–Trinajstić information content (AvgIpc) is 2.30. The van der Waals surface area contributed by atoms with Crippen LogP contribution in [0.2, 0.25) is 0 Å². The molecule has 0 spiro atoms. The Morgan fingerprint density at radius 3 is 2.39 bits per heavy atom. The molecule has 0 aliphatic carbocycles. The fourth-order valence-corrected chi connectivity index (χ4v) is 2.93. The van der Waals surface area contributed by atoms with Gasteiger partial charge in [-0.05, 0) is 31.0 Å². The van der Waals surface area contributed by atoms with Crippen LogP contribution in [0.15, 0.2) is 24.3 Å². The summed E-state index contributed by atoms with van der Waals surface area (Å²) >= 11 is 0.